The van der Waals surface area contributed by atoms with Gasteiger partial charge in [0.2, 0.25) is 0 Å². The highest BCUT2D eigenvalue weighted by Crippen LogP contribution is 2.31. The highest BCUT2D eigenvalue weighted by atomic mass is 19.2. The van der Waals surface area contributed by atoms with Crippen LogP contribution in [0.3, 0.4) is 0 Å². The molecule has 0 aliphatic heterocycles. The summed E-state index contributed by atoms with van der Waals surface area (Å²) in [6, 6.07) is 17.2. The Balaban J connectivity index is 1.48. The number of halogens is 4. The maximum atomic E-state index is 15.2. The van der Waals surface area contributed by atoms with Gasteiger partial charge in [-0.1, -0.05) is 56.5 Å². The van der Waals surface area contributed by atoms with Crippen molar-refractivity contribution in [2.45, 2.75) is 45.4 Å². The Morgan fingerprint density at radius 1 is 0.686 bits per heavy atom. The van der Waals surface area contributed by atoms with Crippen molar-refractivity contribution < 1.29 is 22.3 Å². The van der Waals surface area contributed by atoms with Crippen molar-refractivity contribution in [2.24, 2.45) is 0 Å². The van der Waals surface area contributed by atoms with E-state index in [0.29, 0.717) is 58.2 Å². The van der Waals surface area contributed by atoms with Crippen molar-refractivity contribution in [3.63, 3.8) is 0 Å². The van der Waals surface area contributed by atoms with Gasteiger partial charge in [0, 0.05) is 17.0 Å². The molecule has 0 radical (unpaired) electrons. The summed E-state index contributed by atoms with van der Waals surface area (Å²) in [5.74, 6) is -2.06. The molecule has 1 nitrogen and oxygen atoms in total. The normalized spacial score (nSPS) is 11.2. The Bertz CT molecular complexity index is 1320. The molecule has 0 aliphatic rings. The summed E-state index contributed by atoms with van der Waals surface area (Å²) in [5.41, 5.74) is 2.16. The van der Waals surface area contributed by atoms with Crippen LogP contribution in [0.15, 0.2) is 66.7 Å². The number of benzene rings is 4. The van der Waals surface area contributed by atoms with Gasteiger partial charge in [-0.15, -0.1) is 0 Å². The monoisotopic (exact) mass is 480 g/mol. The fraction of sp³-hybridized carbons (Fsp3) is 0.267. The molecule has 0 aromatic heterocycles. The van der Waals surface area contributed by atoms with Crippen LogP contribution in [0.1, 0.15) is 43.7 Å². The quantitative estimate of drug-likeness (QED) is 0.163. The minimum atomic E-state index is -0.909. The molecular formula is C30H28F4O. The molecule has 4 rings (SSSR count). The van der Waals surface area contributed by atoms with E-state index in [1.54, 1.807) is 42.5 Å². The lowest BCUT2D eigenvalue weighted by molar-refractivity contribution is 0.303. The molecule has 0 spiro atoms. The summed E-state index contributed by atoms with van der Waals surface area (Å²) in [4.78, 5) is 0. The van der Waals surface area contributed by atoms with Crippen molar-refractivity contribution in [3.8, 4) is 16.9 Å². The van der Waals surface area contributed by atoms with E-state index < -0.39 is 11.6 Å². The molecule has 4 aromatic carbocycles. The highest BCUT2D eigenvalue weighted by Gasteiger charge is 2.12. The first-order valence-electron chi connectivity index (χ1n) is 12.0. The minimum Gasteiger partial charge on any atom is -0.493 e. The Labute approximate surface area is 203 Å². The number of hydrogen-bond acceptors (Lipinski definition) is 1. The molecule has 0 N–H and O–H groups in total. The van der Waals surface area contributed by atoms with Crippen molar-refractivity contribution in [1.29, 1.82) is 0 Å². The van der Waals surface area contributed by atoms with Gasteiger partial charge in [-0.2, -0.15) is 0 Å². The smallest absolute Gasteiger partial charge is 0.159 e. The summed E-state index contributed by atoms with van der Waals surface area (Å²) in [7, 11) is 0. The van der Waals surface area contributed by atoms with Crippen LogP contribution in [0.4, 0.5) is 17.6 Å². The van der Waals surface area contributed by atoms with Gasteiger partial charge in [-0.05, 0) is 71.7 Å². The third kappa shape index (κ3) is 6.02. The number of ether oxygens (including phenoxy) is 1. The van der Waals surface area contributed by atoms with E-state index >= 15 is 4.39 Å². The number of fused-ring (bicyclic) bond motifs is 1. The van der Waals surface area contributed by atoms with Crippen molar-refractivity contribution in [3.05, 3.63) is 101 Å². The summed E-state index contributed by atoms with van der Waals surface area (Å²) in [6.07, 6.45) is 5.08. The van der Waals surface area contributed by atoms with Crippen LogP contribution in [0.25, 0.3) is 21.9 Å². The molecule has 0 fully saturated rings. The van der Waals surface area contributed by atoms with E-state index in [-0.39, 0.29) is 11.6 Å². The van der Waals surface area contributed by atoms with Crippen LogP contribution in [-0.2, 0) is 12.8 Å². The van der Waals surface area contributed by atoms with E-state index in [1.807, 2.05) is 0 Å². The molecule has 5 heteroatoms. The first kappa shape index (κ1) is 24.8. The predicted octanol–water partition coefficient (Wildman–Crippen LogP) is 8.81. The predicted molar refractivity (Wildman–Crippen MR) is 133 cm³/mol. The zero-order valence-corrected chi connectivity index (χ0v) is 19.7. The highest BCUT2D eigenvalue weighted by molar-refractivity contribution is 5.88. The Hall–Kier alpha value is -3.34. The van der Waals surface area contributed by atoms with E-state index in [9.17, 15) is 13.2 Å². The summed E-state index contributed by atoms with van der Waals surface area (Å²) >= 11 is 0. The van der Waals surface area contributed by atoms with Gasteiger partial charge in [-0.3, -0.25) is 0 Å². The second-order valence-electron chi connectivity index (χ2n) is 8.77. The maximum Gasteiger partial charge on any atom is 0.159 e. The zero-order chi connectivity index (χ0) is 24.8. The minimum absolute atomic E-state index is 0.350. The molecule has 182 valence electrons. The van der Waals surface area contributed by atoms with Gasteiger partial charge in [-0.25, -0.2) is 17.6 Å². The molecule has 0 atom stereocenters. The summed E-state index contributed by atoms with van der Waals surface area (Å²) in [6.45, 7) is 2.71. The van der Waals surface area contributed by atoms with E-state index in [0.717, 1.165) is 37.8 Å². The van der Waals surface area contributed by atoms with Crippen LogP contribution in [0.2, 0.25) is 0 Å². The molecule has 0 saturated carbocycles. The standard InChI is InChI=1S/C30H28F4O/c1-2-3-4-5-16-35-24-12-14-25(28(32)19-24)22-11-13-26-23(18-22)10-9-21(30(26)34)8-6-20-7-15-27(31)29(33)17-20/h7,9-15,17-19H,2-6,8,16H2,1H3. The van der Waals surface area contributed by atoms with Crippen LogP contribution in [0, 0.1) is 23.3 Å². The lowest BCUT2D eigenvalue weighted by Gasteiger charge is -2.11. The van der Waals surface area contributed by atoms with Gasteiger partial charge in [0.1, 0.15) is 17.4 Å². The molecule has 0 saturated heterocycles. The fourth-order valence-corrected chi connectivity index (χ4v) is 4.21. The van der Waals surface area contributed by atoms with Crippen molar-refractivity contribution in [2.75, 3.05) is 6.61 Å². The van der Waals surface area contributed by atoms with Gasteiger partial charge in [0.05, 0.1) is 6.61 Å². The second-order valence-corrected chi connectivity index (χ2v) is 8.77. The first-order valence-corrected chi connectivity index (χ1v) is 12.0. The molecule has 4 aromatic rings. The third-order valence-corrected chi connectivity index (χ3v) is 6.22. The largest absolute Gasteiger partial charge is 0.493 e. The van der Waals surface area contributed by atoms with E-state index in [2.05, 4.69) is 6.92 Å². The first-order chi connectivity index (χ1) is 17.0. The third-order valence-electron chi connectivity index (χ3n) is 6.22. The average Bonchev–Trinajstić information content (AvgIpc) is 2.85. The van der Waals surface area contributed by atoms with Gasteiger partial charge in [0.15, 0.2) is 11.6 Å². The Morgan fingerprint density at radius 2 is 1.54 bits per heavy atom. The van der Waals surface area contributed by atoms with Crippen molar-refractivity contribution >= 4 is 10.8 Å². The lowest BCUT2D eigenvalue weighted by atomic mass is 9.97. The summed E-state index contributed by atoms with van der Waals surface area (Å²) < 4.78 is 62.2. The fourth-order valence-electron chi connectivity index (χ4n) is 4.21. The maximum absolute atomic E-state index is 15.2. The van der Waals surface area contributed by atoms with Gasteiger partial charge >= 0.3 is 0 Å². The van der Waals surface area contributed by atoms with Crippen LogP contribution < -0.4 is 4.74 Å². The van der Waals surface area contributed by atoms with Gasteiger partial charge < -0.3 is 4.74 Å². The van der Waals surface area contributed by atoms with E-state index in [4.69, 9.17) is 4.74 Å². The lowest BCUT2D eigenvalue weighted by Crippen LogP contribution is -1.98. The van der Waals surface area contributed by atoms with Gasteiger partial charge in [0.25, 0.3) is 0 Å². The van der Waals surface area contributed by atoms with Crippen molar-refractivity contribution in [1.82, 2.24) is 0 Å². The van der Waals surface area contributed by atoms with E-state index in [1.165, 1.54) is 12.1 Å². The second kappa shape index (κ2) is 11.4. The number of unbranched alkanes of at least 4 members (excludes halogenated alkanes) is 3. The molecule has 35 heavy (non-hydrogen) atoms. The SMILES string of the molecule is CCCCCCOc1ccc(-c2ccc3c(F)c(CCc4ccc(F)c(F)c4)ccc3c2)c(F)c1. The molecule has 0 bridgehead atoms. The van der Waals surface area contributed by atoms with Crippen LogP contribution in [0.5, 0.6) is 5.75 Å². The molecular weight excluding hydrogens is 452 g/mol. The topological polar surface area (TPSA) is 9.23 Å². The van der Waals surface area contributed by atoms with Crippen LogP contribution >= 0.6 is 0 Å². The molecule has 0 unspecified atom stereocenters. The Morgan fingerprint density at radius 3 is 2.31 bits per heavy atom. The number of aryl methyl sites for hydroxylation is 2. The molecule has 0 amide bonds. The van der Waals surface area contributed by atoms with Crippen LogP contribution in [-0.4, -0.2) is 6.61 Å². The molecule has 0 heterocycles. The number of rotatable bonds is 10. The Kier molecular flexibility index (Phi) is 8.06. The summed E-state index contributed by atoms with van der Waals surface area (Å²) in [5, 5.41) is 1.09. The zero-order valence-electron chi connectivity index (χ0n) is 19.7. The average molecular weight is 481 g/mol. The number of hydrogen-bond donors (Lipinski definition) is 0. The molecule has 0 aliphatic carbocycles.